The summed E-state index contributed by atoms with van der Waals surface area (Å²) in [5.41, 5.74) is 0. The maximum atomic E-state index is 12.8. The molecule has 2 N–H and O–H groups in total. The standard InChI is InChI=1S/C58H93O11P/c1-4-7-10-13-16-19-22-25-27-30-33-36-39-42-45-48-57(61)68-54(50-59)52-66-70(63,64)67-53-55(51-65-56(60)47-44-41-38-35-32-29-24-21-18-15-12-9-6-3)69-58(62)49-46-43-40-37-34-31-28-26-23-20-17-14-11-8-5-2/h8-9,11-12,17-18,20-21,25-29,32,34,37-38,41,43,46,54-55,59H,4-7,10,13-16,19,22-24,30-31,33,35-36,39-40,42,44-45,47-53H2,1-3H3,(H,63,64)/b11-8-,12-9-,20-17-,21-18-,27-25-,28-26-,32-29-,37-34-,41-38-,46-43-. The molecule has 0 aliphatic rings. The molecule has 0 aromatic rings. The van der Waals surface area contributed by atoms with Crippen LogP contribution in [0.3, 0.4) is 0 Å². The molecule has 0 saturated carbocycles. The van der Waals surface area contributed by atoms with Gasteiger partial charge in [-0.25, -0.2) is 4.57 Å². The van der Waals surface area contributed by atoms with Crippen LogP contribution in [0.2, 0.25) is 0 Å². The second kappa shape index (κ2) is 51.2. The zero-order valence-corrected chi connectivity index (χ0v) is 44.3. The molecule has 0 amide bonds. The second-order valence-electron chi connectivity index (χ2n) is 16.9. The van der Waals surface area contributed by atoms with E-state index in [4.69, 9.17) is 23.3 Å². The highest BCUT2D eigenvalue weighted by molar-refractivity contribution is 7.47. The Labute approximate surface area is 424 Å². The van der Waals surface area contributed by atoms with Crippen molar-refractivity contribution in [1.82, 2.24) is 0 Å². The molecule has 0 radical (unpaired) electrons. The van der Waals surface area contributed by atoms with Gasteiger partial charge in [-0.1, -0.05) is 194 Å². The predicted molar refractivity (Wildman–Crippen MR) is 288 cm³/mol. The molecule has 396 valence electrons. The average Bonchev–Trinajstić information content (AvgIpc) is 3.35. The third-order valence-electron chi connectivity index (χ3n) is 10.4. The third-order valence-corrected chi connectivity index (χ3v) is 11.3. The van der Waals surface area contributed by atoms with Crippen LogP contribution >= 0.6 is 7.82 Å². The van der Waals surface area contributed by atoms with Crippen LogP contribution in [-0.4, -0.2) is 66.5 Å². The van der Waals surface area contributed by atoms with Crippen molar-refractivity contribution in [1.29, 1.82) is 0 Å². The van der Waals surface area contributed by atoms with Gasteiger partial charge < -0.3 is 24.2 Å². The number of aliphatic hydroxyl groups excluding tert-OH is 1. The van der Waals surface area contributed by atoms with E-state index in [1.54, 1.807) is 6.08 Å². The minimum atomic E-state index is -4.79. The number of allylic oxidation sites excluding steroid dienone is 19. The zero-order valence-electron chi connectivity index (χ0n) is 43.4. The molecule has 0 saturated heterocycles. The van der Waals surface area contributed by atoms with Crippen LogP contribution in [0.5, 0.6) is 0 Å². The Morgan fingerprint density at radius 1 is 0.429 bits per heavy atom. The highest BCUT2D eigenvalue weighted by Gasteiger charge is 2.28. The van der Waals surface area contributed by atoms with Crippen LogP contribution in [0.4, 0.5) is 0 Å². The zero-order chi connectivity index (χ0) is 51.3. The molecule has 0 bridgehead atoms. The molecule has 0 aliphatic heterocycles. The highest BCUT2D eigenvalue weighted by atomic mass is 31.2. The molecule has 70 heavy (non-hydrogen) atoms. The van der Waals surface area contributed by atoms with Crippen LogP contribution in [0.15, 0.2) is 122 Å². The molecule has 0 spiro atoms. The number of carbonyl (C=O) groups excluding carboxylic acids is 3. The lowest BCUT2D eigenvalue weighted by Gasteiger charge is -2.21. The molecule has 0 fully saturated rings. The fourth-order valence-corrected chi connectivity index (χ4v) is 7.22. The first-order chi connectivity index (χ1) is 34.2. The summed E-state index contributed by atoms with van der Waals surface area (Å²) in [4.78, 5) is 48.2. The number of unbranched alkanes of at least 4 members (excludes halogenated alkanes) is 11. The first kappa shape index (κ1) is 65.9. The van der Waals surface area contributed by atoms with Crippen molar-refractivity contribution in [3.63, 3.8) is 0 Å². The number of carbonyl (C=O) groups is 3. The summed E-state index contributed by atoms with van der Waals surface area (Å²) in [5, 5.41) is 9.78. The Bertz CT molecular complexity index is 1630. The van der Waals surface area contributed by atoms with Crippen LogP contribution in [-0.2, 0) is 42.2 Å². The number of hydrogen-bond acceptors (Lipinski definition) is 10. The normalized spacial score (nSPS) is 14.4. The maximum absolute atomic E-state index is 12.8. The van der Waals surface area contributed by atoms with Gasteiger partial charge in [0, 0.05) is 12.8 Å². The van der Waals surface area contributed by atoms with Crippen molar-refractivity contribution >= 4 is 25.7 Å². The lowest BCUT2D eigenvalue weighted by Crippen LogP contribution is -2.30. The molecular weight excluding hydrogens is 904 g/mol. The van der Waals surface area contributed by atoms with Crippen molar-refractivity contribution in [3.05, 3.63) is 122 Å². The fraction of sp³-hybridized carbons (Fsp3) is 0.603. The number of rotatable bonds is 47. The summed E-state index contributed by atoms with van der Waals surface area (Å²) in [5.74, 6) is -1.74. The van der Waals surface area contributed by atoms with Gasteiger partial charge in [-0.05, 0) is 96.3 Å². The summed E-state index contributed by atoms with van der Waals surface area (Å²) in [6, 6.07) is 0. The minimum Gasteiger partial charge on any atom is -0.462 e. The van der Waals surface area contributed by atoms with Crippen molar-refractivity contribution in [2.75, 3.05) is 26.4 Å². The SMILES string of the molecule is CC/C=C\C/C=C\C/C=C\C/C=C\C/C=C\CC(=O)OC(COC(=O)CC/C=C\C/C=C\C/C=C\C/C=C\CC)COP(=O)(O)OCC(CO)OC(=O)CCCCCCC/C=C\CCCCCCCC. The van der Waals surface area contributed by atoms with Gasteiger partial charge in [0.2, 0.25) is 0 Å². The van der Waals surface area contributed by atoms with Gasteiger partial charge in [-0.15, -0.1) is 0 Å². The molecule has 0 aromatic carbocycles. The van der Waals surface area contributed by atoms with E-state index >= 15 is 0 Å². The fourth-order valence-electron chi connectivity index (χ4n) is 6.44. The predicted octanol–water partition coefficient (Wildman–Crippen LogP) is 15.2. The quantitative estimate of drug-likeness (QED) is 0.0197. The van der Waals surface area contributed by atoms with E-state index in [1.807, 2.05) is 30.4 Å². The molecule has 11 nitrogen and oxygen atoms in total. The van der Waals surface area contributed by atoms with E-state index < -0.39 is 64.4 Å². The Kier molecular flexibility index (Phi) is 48.2. The molecule has 0 rings (SSSR count). The molecule has 0 aliphatic carbocycles. The van der Waals surface area contributed by atoms with Crippen LogP contribution in [0.25, 0.3) is 0 Å². The van der Waals surface area contributed by atoms with Gasteiger partial charge in [0.15, 0.2) is 6.10 Å². The number of phosphoric acid groups is 1. The average molecular weight is 997 g/mol. The smallest absolute Gasteiger partial charge is 0.462 e. The number of hydrogen-bond donors (Lipinski definition) is 2. The summed E-state index contributed by atoms with van der Waals surface area (Å²) in [6.45, 7) is 4.17. The van der Waals surface area contributed by atoms with Crippen molar-refractivity contribution < 1.29 is 52.2 Å². The van der Waals surface area contributed by atoms with E-state index in [-0.39, 0.29) is 19.3 Å². The Balaban J connectivity index is 4.93. The van der Waals surface area contributed by atoms with Crippen LogP contribution in [0, 0.1) is 0 Å². The van der Waals surface area contributed by atoms with Gasteiger partial charge in [-0.3, -0.25) is 23.4 Å². The maximum Gasteiger partial charge on any atom is 0.472 e. The lowest BCUT2D eigenvalue weighted by atomic mass is 10.1. The Hall–Kier alpha value is -4.12. The van der Waals surface area contributed by atoms with Crippen molar-refractivity contribution in [2.45, 2.75) is 200 Å². The monoisotopic (exact) mass is 997 g/mol. The summed E-state index contributed by atoms with van der Waals surface area (Å²) in [6.07, 6.45) is 62.2. The molecule has 3 unspecified atom stereocenters. The van der Waals surface area contributed by atoms with Gasteiger partial charge in [-0.2, -0.15) is 0 Å². The largest absolute Gasteiger partial charge is 0.472 e. The Morgan fingerprint density at radius 3 is 1.31 bits per heavy atom. The molecule has 12 heteroatoms. The Morgan fingerprint density at radius 2 is 0.829 bits per heavy atom. The number of esters is 3. The van der Waals surface area contributed by atoms with Crippen molar-refractivity contribution in [3.8, 4) is 0 Å². The van der Waals surface area contributed by atoms with Gasteiger partial charge >= 0.3 is 25.7 Å². The van der Waals surface area contributed by atoms with E-state index in [0.717, 1.165) is 89.9 Å². The summed E-state index contributed by atoms with van der Waals surface area (Å²) >= 11 is 0. The van der Waals surface area contributed by atoms with Crippen molar-refractivity contribution in [2.24, 2.45) is 0 Å². The number of ether oxygens (including phenoxy) is 3. The van der Waals surface area contributed by atoms with Gasteiger partial charge in [0.25, 0.3) is 0 Å². The van der Waals surface area contributed by atoms with Gasteiger partial charge in [0.05, 0.1) is 26.2 Å². The molecule has 0 aromatic heterocycles. The number of phosphoric ester groups is 1. The third kappa shape index (κ3) is 48.9. The lowest BCUT2D eigenvalue weighted by molar-refractivity contribution is -0.160. The summed E-state index contributed by atoms with van der Waals surface area (Å²) in [7, 11) is -4.79. The van der Waals surface area contributed by atoms with E-state index in [1.165, 1.54) is 38.5 Å². The van der Waals surface area contributed by atoms with E-state index in [0.29, 0.717) is 19.3 Å². The molecule has 3 atom stereocenters. The van der Waals surface area contributed by atoms with Gasteiger partial charge in [0.1, 0.15) is 12.7 Å². The number of aliphatic hydroxyl groups is 1. The summed E-state index contributed by atoms with van der Waals surface area (Å²) < 4.78 is 39.1. The highest BCUT2D eigenvalue weighted by Crippen LogP contribution is 2.43. The topological polar surface area (TPSA) is 155 Å². The second-order valence-corrected chi connectivity index (χ2v) is 18.4. The van der Waals surface area contributed by atoms with E-state index in [2.05, 4.69) is 106 Å². The molecular formula is C58H93O11P. The van der Waals surface area contributed by atoms with Crippen LogP contribution < -0.4 is 0 Å². The van der Waals surface area contributed by atoms with Crippen LogP contribution in [0.1, 0.15) is 188 Å². The first-order valence-electron chi connectivity index (χ1n) is 26.4. The first-order valence-corrected chi connectivity index (χ1v) is 27.9. The van der Waals surface area contributed by atoms with E-state index in [9.17, 15) is 28.9 Å². The minimum absolute atomic E-state index is 0.0793. The molecule has 0 heterocycles.